The summed E-state index contributed by atoms with van der Waals surface area (Å²) in [5.41, 5.74) is 6.65. The first-order chi connectivity index (χ1) is 16.7. The van der Waals surface area contributed by atoms with E-state index in [2.05, 4.69) is 29.1 Å². The summed E-state index contributed by atoms with van der Waals surface area (Å²) in [7, 11) is 0. The van der Waals surface area contributed by atoms with Gasteiger partial charge >= 0.3 is 11.9 Å². The van der Waals surface area contributed by atoms with E-state index in [1.807, 2.05) is 12.2 Å². The van der Waals surface area contributed by atoms with Crippen molar-refractivity contribution >= 4 is 29.5 Å². The highest BCUT2D eigenvalue weighted by Gasteiger charge is 2.24. The van der Waals surface area contributed by atoms with Crippen LogP contribution in [0.3, 0.4) is 0 Å². The third-order valence-corrected chi connectivity index (χ3v) is 4.39. The van der Waals surface area contributed by atoms with Crippen LogP contribution < -0.4 is 16.4 Å². The number of nitrogens with two attached hydrogens (primary N) is 1. The van der Waals surface area contributed by atoms with Crippen LogP contribution in [0.2, 0.25) is 0 Å². The van der Waals surface area contributed by atoms with E-state index in [-0.39, 0.29) is 31.6 Å². The quantitative estimate of drug-likeness (QED) is 0.130. The fraction of sp³-hybridized carbons (Fsp3) is 0.480. The minimum atomic E-state index is -1.06. The number of carbonyl (C=O) groups excluding carboxylic acids is 4. The molecule has 0 aromatic heterocycles. The minimum absolute atomic E-state index is 0.00103. The van der Waals surface area contributed by atoms with Gasteiger partial charge in [0.05, 0.1) is 36.7 Å². The van der Waals surface area contributed by atoms with Crippen LogP contribution in [-0.2, 0) is 28.7 Å². The second-order valence-electron chi connectivity index (χ2n) is 7.19. The Morgan fingerprint density at radius 1 is 1.11 bits per heavy atom. The average molecular weight is 491 g/mol. The molecular weight excluding hydrogens is 452 g/mol. The summed E-state index contributed by atoms with van der Waals surface area (Å²) in [4.78, 5) is 53.1. The minimum Gasteiger partial charge on any atom is -0.466 e. The Morgan fingerprint density at radius 2 is 1.80 bits per heavy atom. The number of amides is 2. The van der Waals surface area contributed by atoms with Gasteiger partial charge in [-0.25, -0.2) is 4.79 Å². The van der Waals surface area contributed by atoms with Gasteiger partial charge in [0.2, 0.25) is 5.91 Å². The average Bonchev–Trinajstić information content (AvgIpc) is 2.81. The van der Waals surface area contributed by atoms with E-state index in [1.54, 1.807) is 32.9 Å². The molecule has 0 saturated carbocycles. The van der Waals surface area contributed by atoms with Crippen molar-refractivity contribution in [2.24, 2.45) is 10.7 Å². The Bertz CT molecular complexity index is 858. The van der Waals surface area contributed by atoms with E-state index in [0.29, 0.717) is 11.4 Å². The monoisotopic (exact) mass is 490 g/mol. The van der Waals surface area contributed by atoms with Gasteiger partial charge in [0.1, 0.15) is 6.04 Å². The Balaban J connectivity index is 5.18. The van der Waals surface area contributed by atoms with Gasteiger partial charge in [0.25, 0.3) is 5.91 Å². The number of esters is 2. The molecule has 10 heteroatoms. The lowest BCUT2D eigenvalue weighted by Crippen LogP contribution is -2.46. The highest BCUT2D eigenvalue weighted by molar-refractivity contribution is 6.21. The van der Waals surface area contributed by atoms with E-state index >= 15 is 0 Å². The van der Waals surface area contributed by atoms with Crippen molar-refractivity contribution in [1.29, 1.82) is 0 Å². The number of hydrogen-bond donors (Lipinski definition) is 3. The molecule has 0 radical (unpaired) electrons. The number of ether oxygens (including phenoxy) is 2. The number of rotatable bonds is 16. The number of aliphatic imine (C=N–C) groups is 1. The molecule has 2 amide bonds. The zero-order valence-corrected chi connectivity index (χ0v) is 21.1. The second kappa shape index (κ2) is 18.7. The Hall–Kier alpha value is -3.69. The first kappa shape index (κ1) is 31.3. The number of nitrogens with zero attached hydrogens (tertiary/aromatic N) is 1. The zero-order chi connectivity index (χ0) is 26.6. The summed E-state index contributed by atoms with van der Waals surface area (Å²) in [6.45, 7) is 10.5. The molecule has 0 heterocycles. The molecule has 0 rings (SSSR count). The first-order valence-corrected chi connectivity index (χ1v) is 11.6. The van der Waals surface area contributed by atoms with Crippen LogP contribution in [0.15, 0.2) is 53.3 Å². The van der Waals surface area contributed by atoms with Gasteiger partial charge < -0.3 is 25.8 Å². The SMILES string of the molecule is C=C/C=C(\C=C/CCC)/N=C(C)\C(=C/N)C(=O)NCC(=O)NC(CCC(=O)OCC)C(=O)OCC. The van der Waals surface area contributed by atoms with Crippen LogP contribution >= 0.6 is 0 Å². The van der Waals surface area contributed by atoms with Crippen LogP contribution in [0.25, 0.3) is 0 Å². The molecule has 0 aliphatic rings. The van der Waals surface area contributed by atoms with Crippen molar-refractivity contribution in [3.8, 4) is 0 Å². The summed E-state index contributed by atoms with van der Waals surface area (Å²) in [6, 6.07) is -1.06. The van der Waals surface area contributed by atoms with Crippen molar-refractivity contribution in [2.45, 2.75) is 59.4 Å². The van der Waals surface area contributed by atoms with Gasteiger partial charge in [-0.15, -0.1) is 0 Å². The molecule has 0 bridgehead atoms. The Morgan fingerprint density at radius 3 is 2.37 bits per heavy atom. The molecule has 1 unspecified atom stereocenters. The van der Waals surface area contributed by atoms with E-state index in [4.69, 9.17) is 15.2 Å². The van der Waals surface area contributed by atoms with Crippen LogP contribution in [0, 0.1) is 0 Å². The Labute approximate surface area is 207 Å². The maximum atomic E-state index is 12.6. The molecule has 10 nitrogen and oxygen atoms in total. The van der Waals surface area contributed by atoms with Crippen molar-refractivity contribution in [3.63, 3.8) is 0 Å². The Kier molecular flexibility index (Phi) is 16.7. The summed E-state index contributed by atoms with van der Waals surface area (Å²) < 4.78 is 9.79. The summed E-state index contributed by atoms with van der Waals surface area (Å²) in [5, 5.41) is 4.92. The molecule has 0 aromatic rings. The van der Waals surface area contributed by atoms with Crippen molar-refractivity contribution in [1.82, 2.24) is 10.6 Å². The smallest absolute Gasteiger partial charge is 0.328 e. The third-order valence-electron chi connectivity index (χ3n) is 4.39. The third kappa shape index (κ3) is 13.6. The molecule has 0 aromatic carbocycles. The molecule has 1 atom stereocenters. The van der Waals surface area contributed by atoms with E-state index in [9.17, 15) is 19.2 Å². The number of unbranched alkanes of at least 4 members (excludes halogenated alkanes) is 1. The zero-order valence-electron chi connectivity index (χ0n) is 21.1. The largest absolute Gasteiger partial charge is 0.466 e. The van der Waals surface area contributed by atoms with Gasteiger partial charge in [-0.05, 0) is 45.8 Å². The van der Waals surface area contributed by atoms with E-state index in [1.165, 1.54) is 0 Å². The van der Waals surface area contributed by atoms with Crippen LogP contribution in [0.5, 0.6) is 0 Å². The highest BCUT2D eigenvalue weighted by atomic mass is 16.5. The van der Waals surface area contributed by atoms with Gasteiger partial charge in [-0.1, -0.05) is 32.1 Å². The number of hydrogen-bond acceptors (Lipinski definition) is 8. The molecular formula is C25H38N4O6. The van der Waals surface area contributed by atoms with Crippen LogP contribution in [0.1, 0.15) is 53.4 Å². The summed E-state index contributed by atoms with van der Waals surface area (Å²) in [6.07, 6.45) is 9.96. The molecule has 0 aliphatic carbocycles. The highest BCUT2D eigenvalue weighted by Crippen LogP contribution is 2.07. The fourth-order valence-electron chi connectivity index (χ4n) is 2.72. The lowest BCUT2D eigenvalue weighted by atomic mass is 10.1. The topological polar surface area (TPSA) is 149 Å². The molecule has 0 spiro atoms. The second-order valence-corrected chi connectivity index (χ2v) is 7.19. The van der Waals surface area contributed by atoms with Gasteiger partial charge in [0.15, 0.2) is 0 Å². The summed E-state index contributed by atoms with van der Waals surface area (Å²) >= 11 is 0. The van der Waals surface area contributed by atoms with Gasteiger partial charge in [0, 0.05) is 12.6 Å². The predicted octanol–water partition coefficient (Wildman–Crippen LogP) is 2.22. The maximum Gasteiger partial charge on any atom is 0.328 e. The maximum absolute atomic E-state index is 12.6. The van der Waals surface area contributed by atoms with E-state index < -0.39 is 36.3 Å². The molecule has 194 valence electrons. The van der Waals surface area contributed by atoms with Crippen molar-refractivity contribution < 1.29 is 28.7 Å². The molecule has 4 N–H and O–H groups in total. The predicted molar refractivity (Wildman–Crippen MR) is 135 cm³/mol. The standard InChI is InChI=1S/C25H38N4O6/c1-6-10-11-13-19(12-7-2)28-18(5)20(16-26)24(32)27-17-22(30)29-21(25(33)35-9-4)14-15-23(31)34-8-3/h7,11-13,16,21H,2,6,8-10,14-15,17,26H2,1,3-5H3,(H,27,32)(H,29,30)/b13-11-,19-12+,20-16+,28-18-. The van der Waals surface area contributed by atoms with Crippen molar-refractivity contribution in [3.05, 3.63) is 48.4 Å². The lowest BCUT2D eigenvalue weighted by Gasteiger charge is -2.17. The molecule has 35 heavy (non-hydrogen) atoms. The van der Waals surface area contributed by atoms with Gasteiger partial charge in [-0.3, -0.25) is 19.4 Å². The number of nitrogens with one attached hydrogen (secondary N) is 2. The van der Waals surface area contributed by atoms with E-state index in [0.717, 1.165) is 19.0 Å². The number of allylic oxidation sites excluding steroid dienone is 4. The lowest BCUT2D eigenvalue weighted by molar-refractivity contribution is -0.148. The van der Waals surface area contributed by atoms with Crippen LogP contribution in [-0.4, -0.2) is 55.3 Å². The molecule has 0 aliphatic heterocycles. The number of carbonyl (C=O) groups is 4. The summed E-state index contributed by atoms with van der Waals surface area (Å²) in [5.74, 6) is -2.43. The van der Waals surface area contributed by atoms with Gasteiger partial charge in [-0.2, -0.15) is 0 Å². The first-order valence-electron chi connectivity index (χ1n) is 11.6. The molecule has 0 saturated heterocycles. The molecule has 0 fully saturated rings. The fourth-order valence-corrected chi connectivity index (χ4v) is 2.72. The van der Waals surface area contributed by atoms with Crippen LogP contribution in [0.4, 0.5) is 0 Å². The van der Waals surface area contributed by atoms with Crippen molar-refractivity contribution in [2.75, 3.05) is 19.8 Å². The normalized spacial score (nSPS) is 13.2.